The van der Waals surface area contributed by atoms with Gasteiger partial charge in [-0.3, -0.25) is 0 Å². The van der Waals surface area contributed by atoms with Crippen molar-refractivity contribution < 1.29 is 4.42 Å². The molecule has 0 spiro atoms. The topological polar surface area (TPSA) is 16.4 Å². The Bertz CT molecular complexity index is 2580. The zero-order valence-electron chi connectivity index (χ0n) is 27.4. The van der Waals surface area contributed by atoms with E-state index in [2.05, 4.69) is 199 Å². The minimum Gasteiger partial charge on any atom is -0.455 e. The molecule has 0 unspecified atom stereocenters. The fourth-order valence-electron chi connectivity index (χ4n) is 7.10. The van der Waals surface area contributed by atoms with Gasteiger partial charge in [-0.25, -0.2) is 0 Å². The Morgan fingerprint density at radius 3 is 1.66 bits per heavy atom. The lowest BCUT2D eigenvalue weighted by molar-refractivity contribution is 0.632. The fraction of sp³-hybridized carbons (Fsp3) is 0. The van der Waals surface area contributed by atoms with E-state index < -0.39 is 0 Å². The van der Waals surface area contributed by atoms with E-state index in [9.17, 15) is 0 Å². The summed E-state index contributed by atoms with van der Waals surface area (Å²) in [5.74, 6) is 0.850. The summed E-state index contributed by atoms with van der Waals surface area (Å²) in [4.78, 5) is 2.39. The van der Waals surface area contributed by atoms with Gasteiger partial charge in [-0.05, 0) is 69.4 Å². The highest BCUT2D eigenvalue weighted by Crippen LogP contribution is 2.49. The molecule has 0 radical (unpaired) electrons. The number of benzene rings is 8. The van der Waals surface area contributed by atoms with Crippen molar-refractivity contribution in [2.75, 3.05) is 4.90 Å². The van der Waals surface area contributed by atoms with Gasteiger partial charge in [0, 0.05) is 27.8 Å². The maximum Gasteiger partial charge on any atom is 0.145 e. The van der Waals surface area contributed by atoms with Crippen molar-refractivity contribution in [2.45, 2.75) is 0 Å². The van der Waals surface area contributed by atoms with Gasteiger partial charge in [-0.15, -0.1) is 0 Å². The van der Waals surface area contributed by atoms with Crippen molar-refractivity contribution in [1.29, 1.82) is 0 Å². The lowest BCUT2D eigenvalue weighted by Gasteiger charge is -2.30. The summed E-state index contributed by atoms with van der Waals surface area (Å²) >= 11 is 0. The highest BCUT2D eigenvalue weighted by Gasteiger charge is 2.25. The Morgan fingerprint density at radius 1 is 0.360 bits per heavy atom. The third-order valence-corrected chi connectivity index (χ3v) is 9.49. The number of rotatable bonds is 7. The third kappa shape index (κ3) is 5.34. The molecule has 2 nitrogen and oxygen atoms in total. The van der Waals surface area contributed by atoms with Gasteiger partial charge < -0.3 is 9.32 Å². The second kappa shape index (κ2) is 12.8. The van der Waals surface area contributed by atoms with Gasteiger partial charge >= 0.3 is 0 Å². The van der Waals surface area contributed by atoms with Gasteiger partial charge in [0.2, 0.25) is 0 Å². The molecule has 0 atom stereocenters. The molecule has 50 heavy (non-hydrogen) atoms. The molecule has 1 heterocycles. The third-order valence-electron chi connectivity index (χ3n) is 9.49. The molecule has 0 N–H and O–H groups in total. The van der Waals surface area contributed by atoms with Gasteiger partial charge in [-0.2, -0.15) is 0 Å². The molecular formula is C48H33NO. The van der Waals surface area contributed by atoms with Crippen molar-refractivity contribution in [1.82, 2.24) is 0 Å². The average molecular weight is 640 g/mol. The van der Waals surface area contributed by atoms with Gasteiger partial charge in [0.05, 0.1) is 11.4 Å². The van der Waals surface area contributed by atoms with Gasteiger partial charge in [0.15, 0.2) is 0 Å². The van der Waals surface area contributed by atoms with Crippen molar-refractivity contribution in [2.24, 2.45) is 0 Å². The van der Waals surface area contributed by atoms with E-state index in [1.807, 2.05) is 6.07 Å². The first-order valence-electron chi connectivity index (χ1n) is 17.0. The lowest BCUT2D eigenvalue weighted by atomic mass is 9.96. The van der Waals surface area contributed by atoms with Crippen LogP contribution in [0.3, 0.4) is 0 Å². The average Bonchev–Trinajstić information content (AvgIpc) is 3.59. The maximum atomic E-state index is 6.82. The van der Waals surface area contributed by atoms with Gasteiger partial charge in [0.25, 0.3) is 0 Å². The quantitative estimate of drug-likeness (QED) is 0.173. The smallest absolute Gasteiger partial charge is 0.145 e. The number of fused-ring (bicyclic) bond motifs is 2. The van der Waals surface area contributed by atoms with Crippen molar-refractivity contribution in [3.8, 4) is 44.7 Å². The van der Waals surface area contributed by atoms with Crippen LogP contribution in [-0.2, 0) is 0 Å². The Morgan fingerprint density at radius 2 is 0.900 bits per heavy atom. The van der Waals surface area contributed by atoms with Crippen LogP contribution in [0, 0.1) is 0 Å². The minimum atomic E-state index is 0.850. The zero-order valence-corrected chi connectivity index (χ0v) is 27.4. The van der Waals surface area contributed by atoms with E-state index >= 15 is 0 Å². The van der Waals surface area contributed by atoms with E-state index in [1.165, 1.54) is 21.9 Å². The Labute approximate surface area is 292 Å². The number of nitrogens with zero attached hydrogens (tertiary/aromatic N) is 1. The molecule has 0 saturated heterocycles. The summed E-state index contributed by atoms with van der Waals surface area (Å²) in [5.41, 5.74) is 12.0. The largest absolute Gasteiger partial charge is 0.455 e. The predicted octanol–water partition coefficient (Wildman–Crippen LogP) is 13.7. The fourth-order valence-corrected chi connectivity index (χ4v) is 7.10. The van der Waals surface area contributed by atoms with Crippen LogP contribution in [0.25, 0.3) is 66.4 Å². The maximum absolute atomic E-state index is 6.82. The van der Waals surface area contributed by atoms with Crippen LogP contribution in [0.5, 0.6) is 0 Å². The monoisotopic (exact) mass is 639 g/mol. The van der Waals surface area contributed by atoms with Crippen LogP contribution in [0.1, 0.15) is 0 Å². The number of furan rings is 1. The van der Waals surface area contributed by atoms with Gasteiger partial charge in [0.1, 0.15) is 11.3 Å². The van der Waals surface area contributed by atoms with E-state index in [4.69, 9.17) is 4.42 Å². The first-order chi connectivity index (χ1) is 24.8. The minimum absolute atomic E-state index is 0.850. The summed E-state index contributed by atoms with van der Waals surface area (Å²) in [6.45, 7) is 0. The van der Waals surface area contributed by atoms with Crippen molar-refractivity contribution >= 4 is 38.8 Å². The van der Waals surface area contributed by atoms with Crippen LogP contribution in [0.2, 0.25) is 0 Å². The van der Waals surface area contributed by atoms with E-state index in [-0.39, 0.29) is 0 Å². The van der Waals surface area contributed by atoms with E-state index in [1.54, 1.807) is 0 Å². The van der Waals surface area contributed by atoms with E-state index in [0.717, 1.165) is 61.6 Å². The lowest BCUT2D eigenvalue weighted by Crippen LogP contribution is -2.12. The summed E-state index contributed by atoms with van der Waals surface area (Å²) in [6.07, 6.45) is 0. The molecule has 236 valence electrons. The Kier molecular flexibility index (Phi) is 7.53. The van der Waals surface area contributed by atoms with Crippen LogP contribution < -0.4 is 4.90 Å². The molecule has 0 aliphatic rings. The highest BCUT2D eigenvalue weighted by atomic mass is 16.3. The first kappa shape index (κ1) is 29.5. The Hall–Kier alpha value is -6.64. The molecule has 0 bridgehead atoms. The number of anilines is 3. The molecule has 0 saturated carbocycles. The van der Waals surface area contributed by atoms with Crippen LogP contribution in [0.15, 0.2) is 205 Å². The van der Waals surface area contributed by atoms with Crippen molar-refractivity contribution in [3.63, 3.8) is 0 Å². The SMILES string of the molecule is c1ccc(-c2ccc(-c3ccccc3N(c3ccc4ccccc4c3)c3ccccc3-c3oc4ccccc4c3-c3ccccc3)cc2)cc1. The summed E-state index contributed by atoms with van der Waals surface area (Å²) in [6, 6.07) is 71.0. The molecule has 8 aromatic carbocycles. The summed E-state index contributed by atoms with van der Waals surface area (Å²) in [5, 5.41) is 3.49. The number of para-hydroxylation sites is 3. The molecule has 0 aliphatic heterocycles. The summed E-state index contributed by atoms with van der Waals surface area (Å²) < 4.78 is 6.82. The van der Waals surface area contributed by atoms with Crippen molar-refractivity contribution in [3.05, 3.63) is 200 Å². The molecule has 9 rings (SSSR count). The van der Waals surface area contributed by atoms with Gasteiger partial charge in [-0.1, -0.05) is 164 Å². The second-order valence-electron chi connectivity index (χ2n) is 12.5. The normalized spacial score (nSPS) is 11.2. The first-order valence-corrected chi connectivity index (χ1v) is 17.0. The van der Waals surface area contributed by atoms with Crippen LogP contribution in [-0.4, -0.2) is 0 Å². The molecule has 9 aromatic rings. The zero-order chi connectivity index (χ0) is 33.3. The number of hydrogen-bond acceptors (Lipinski definition) is 2. The summed E-state index contributed by atoms with van der Waals surface area (Å²) in [7, 11) is 0. The molecule has 0 aliphatic carbocycles. The molecule has 0 amide bonds. The second-order valence-corrected chi connectivity index (χ2v) is 12.5. The molecule has 0 fully saturated rings. The van der Waals surface area contributed by atoms with Crippen LogP contribution >= 0.6 is 0 Å². The molecular weight excluding hydrogens is 607 g/mol. The number of hydrogen-bond donors (Lipinski definition) is 0. The van der Waals surface area contributed by atoms with E-state index in [0.29, 0.717) is 0 Å². The van der Waals surface area contributed by atoms with Crippen LogP contribution in [0.4, 0.5) is 17.1 Å². The molecule has 2 heteroatoms. The predicted molar refractivity (Wildman–Crippen MR) is 210 cm³/mol. The standard InChI is InChI=1S/C48H33NO/c1-3-15-34(16-4-1)36-27-29-37(30-28-36)41-21-9-12-24-44(41)49(40-32-31-35-17-7-8-20-39(35)33-40)45-25-13-10-22-42(45)48-47(38-18-5-2-6-19-38)43-23-11-14-26-46(43)50-48/h1-33H. The highest BCUT2D eigenvalue weighted by molar-refractivity contribution is 6.05. The molecule has 1 aromatic heterocycles. The Balaban J connectivity index is 1.28.